The van der Waals surface area contributed by atoms with Crippen LogP contribution in [0.1, 0.15) is 37.4 Å². The number of primary amides is 1. The van der Waals surface area contributed by atoms with E-state index in [0.29, 0.717) is 13.1 Å². The van der Waals surface area contributed by atoms with Crippen molar-refractivity contribution in [3.63, 3.8) is 0 Å². The van der Waals surface area contributed by atoms with Crippen molar-refractivity contribution in [1.82, 2.24) is 15.5 Å². The molecular formula is C17H26N4O2. The van der Waals surface area contributed by atoms with Crippen molar-refractivity contribution in [3.05, 3.63) is 35.4 Å². The van der Waals surface area contributed by atoms with Crippen molar-refractivity contribution in [3.8, 4) is 0 Å². The summed E-state index contributed by atoms with van der Waals surface area (Å²) in [6.45, 7) is 7.47. The zero-order valence-electron chi connectivity index (χ0n) is 14.0. The number of nitrogens with two attached hydrogens (primary N) is 1. The lowest BCUT2D eigenvalue weighted by molar-refractivity contribution is -0.133. The van der Waals surface area contributed by atoms with Crippen LogP contribution in [0.3, 0.4) is 0 Å². The first-order valence-corrected chi connectivity index (χ1v) is 8.01. The fourth-order valence-corrected chi connectivity index (χ4v) is 3.14. The quantitative estimate of drug-likeness (QED) is 0.782. The maximum atomic E-state index is 12.6. The van der Waals surface area contributed by atoms with Gasteiger partial charge in [0.1, 0.15) is 0 Å². The molecule has 0 radical (unpaired) electrons. The minimum atomic E-state index is -0.619. The molecule has 0 aliphatic carbocycles. The first kappa shape index (κ1) is 17.3. The van der Waals surface area contributed by atoms with Crippen molar-refractivity contribution in [2.75, 3.05) is 13.1 Å². The first-order chi connectivity index (χ1) is 10.8. The van der Waals surface area contributed by atoms with Crippen LogP contribution in [-0.2, 0) is 4.79 Å². The van der Waals surface area contributed by atoms with Gasteiger partial charge in [0, 0.05) is 25.2 Å². The Bertz CT molecular complexity index is 565. The third-order valence-corrected chi connectivity index (χ3v) is 4.05. The third kappa shape index (κ3) is 4.96. The number of nitrogens with one attached hydrogen (secondary N) is 2. The molecule has 0 unspecified atom stereocenters. The second-order valence-electron chi connectivity index (χ2n) is 6.45. The minimum absolute atomic E-state index is 0.0328. The largest absolute Gasteiger partial charge is 0.352 e. The monoisotopic (exact) mass is 318 g/mol. The predicted octanol–water partition coefficient (Wildman–Crippen LogP) is 1.30. The summed E-state index contributed by atoms with van der Waals surface area (Å²) >= 11 is 0. The summed E-state index contributed by atoms with van der Waals surface area (Å²) in [5, 5.41) is 6.10. The van der Waals surface area contributed by atoms with E-state index in [2.05, 4.69) is 24.5 Å². The summed E-state index contributed by atoms with van der Waals surface area (Å²) in [6, 6.07) is 7.28. The van der Waals surface area contributed by atoms with Crippen molar-refractivity contribution in [1.29, 1.82) is 0 Å². The Morgan fingerprint density at radius 2 is 2.00 bits per heavy atom. The Morgan fingerprint density at radius 1 is 1.35 bits per heavy atom. The topological polar surface area (TPSA) is 87.5 Å². The van der Waals surface area contributed by atoms with E-state index in [1.54, 1.807) is 0 Å². The Hall–Kier alpha value is -2.08. The lowest BCUT2D eigenvalue weighted by atomic mass is 10.0. The van der Waals surface area contributed by atoms with E-state index < -0.39 is 12.1 Å². The molecule has 126 valence electrons. The van der Waals surface area contributed by atoms with Crippen LogP contribution < -0.4 is 16.4 Å². The molecule has 1 heterocycles. The predicted molar refractivity (Wildman–Crippen MR) is 89.9 cm³/mol. The summed E-state index contributed by atoms with van der Waals surface area (Å²) in [6.07, 6.45) is 0.214. The molecule has 1 saturated heterocycles. The Balaban J connectivity index is 2.11. The summed E-state index contributed by atoms with van der Waals surface area (Å²) in [5.74, 6) is 0.0328. The zero-order valence-corrected chi connectivity index (χ0v) is 14.0. The lowest BCUT2D eigenvalue weighted by Gasteiger charge is -2.37. The highest BCUT2D eigenvalue weighted by atomic mass is 16.2. The van der Waals surface area contributed by atoms with Gasteiger partial charge in [0.25, 0.3) is 0 Å². The Kier molecular flexibility index (Phi) is 5.60. The number of aryl methyl sites for hydroxylation is 1. The van der Waals surface area contributed by atoms with Crippen LogP contribution in [0.15, 0.2) is 24.3 Å². The van der Waals surface area contributed by atoms with Crippen LogP contribution in [0.5, 0.6) is 0 Å². The number of urea groups is 1. The van der Waals surface area contributed by atoms with Crippen LogP contribution in [0.2, 0.25) is 0 Å². The molecular weight excluding hydrogens is 292 g/mol. The maximum Gasteiger partial charge on any atom is 0.312 e. The minimum Gasteiger partial charge on any atom is -0.352 e. The maximum absolute atomic E-state index is 12.6. The lowest BCUT2D eigenvalue weighted by Crippen LogP contribution is -2.56. The molecule has 4 N–H and O–H groups in total. The fourth-order valence-electron chi connectivity index (χ4n) is 3.14. The second-order valence-corrected chi connectivity index (χ2v) is 6.45. The van der Waals surface area contributed by atoms with Gasteiger partial charge in [-0.15, -0.1) is 0 Å². The number of rotatable bonds is 4. The van der Waals surface area contributed by atoms with E-state index in [1.807, 2.05) is 36.1 Å². The van der Waals surface area contributed by atoms with Crippen LogP contribution in [0.25, 0.3) is 0 Å². The second kappa shape index (κ2) is 7.46. The average Bonchev–Trinajstić information content (AvgIpc) is 2.45. The molecule has 3 atom stereocenters. The summed E-state index contributed by atoms with van der Waals surface area (Å²) in [7, 11) is 0. The van der Waals surface area contributed by atoms with Crippen LogP contribution in [-0.4, -0.2) is 42.0 Å². The van der Waals surface area contributed by atoms with Gasteiger partial charge in [-0.25, -0.2) is 4.79 Å². The standard InChI is InChI=1S/C17H26N4O2/c1-11-5-4-6-14(7-11)15(20-17(18)23)8-16(22)21-9-12(2)19-13(3)10-21/h4-7,12-13,15,19H,8-10H2,1-3H3,(H3,18,20,23)/t12-,13-,15-/m0/s1. The van der Waals surface area contributed by atoms with E-state index in [0.717, 1.165) is 11.1 Å². The van der Waals surface area contributed by atoms with E-state index in [4.69, 9.17) is 5.73 Å². The number of hydrogen-bond acceptors (Lipinski definition) is 3. The van der Waals surface area contributed by atoms with Crippen LogP contribution in [0.4, 0.5) is 4.79 Å². The number of piperazine rings is 1. The summed E-state index contributed by atoms with van der Waals surface area (Å²) in [4.78, 5) is 25.8. The van der Waals surface area contributed by atoms with E-state index in [-0.39, 0.29) is 24.4 Å². The molecule has 23 heavy (non-hydrogen) atoms. The molecule has 0 bridgehead atoms. The molecule has 1 aromatic carbocycles. The molecule has 3 amide bonds. The average molecular weight is 318 g/mol. The van der Waals surface area contributed by atoms with E-state index in [1.165, 1.54) is 0 Å². The van der Waals surface area contributed by atoms with Crippen molar-refractivity contribution >= 4 is 11.9 Å². The van der Waals surface area contributed by atoms with Crippen molar-refractivity contribution < 1.29 is 9.59 Å². The number of carbonyl (C=O) groups excluding carboxylic acids is 2. The number of hydrogen-bond donors (Lipinski definition) is 3. The van der Waals surface area contributed by atoms with E-state index >= 15 is 0 Å². The molecule has 1 aliphatic heterocycles. The van der Waals surface area contributed by atoms with Gasteiger partial charge in [0.05, 0.1) is 12.5 Å². The van der Waals surface area contributed by atoms with Gasteiger partial charge >= 0.3 is 6.03 Å². The molecule has 0 saturated carbocycles. The first-order valence-electron chi connectivity index (χ1n) is 8.01. The van der Waals surface area contributed by atoms with Crippen molar-refractivity contribution in [2.24, 2.45) is 5.73 Å². The van der Waals surface area contributed by atoms with E-state index in [9.17, 15) is 9.59 Å². The normalized spacial score (nSPS) is 22.5. The summed E-state index contributed by atoms with van der Waals surface area (Å²) in [5.41, 5.74) is 7.26. The zero-order chi connectivity index (χ0) is 17.0. The van der Waals surface area contributed by atoms with Gasteiger partial charge in [-0.1, -0.05) is 29.8 Å². The smallest absolute Gasteiger partial charge is 0.312 e. The highest BCUT2D eigenvalue weighted by Gasteiger charge is 2.27. The number of benzene rings is 1. The molecule has 0 aromatic heterocycles. The molecule has 1 fully saturated rings. The van der Waals surface area contributed by atoms with Crippen LogP contribution in [0, 0.1) is 6.92 Å². The van der Waals surface area contributed by atoms with Crippen LogP contribution >= 0.6 is 0 Å². The van der Waals surface area contributed by atoms with Gasteiger partial charge < -0.3 is 21.3 Å². The van der Waals surface area contributed by atoms with Gasteiger partial charge in [-0.3, -0.25) is 4.79 Å². The van der Waals surface area contributed by atoms with Gasteiger partial charge in [0.2, 0.25) is 5.91 Å². The number of amides is 3. The molecule has 1 aromatic rings. The van der Waals surface area contributed by atoms with Crippen molar-refractivity contribution in [2.45, 2.75) is 45.3 Å². The summed E-state index contributed by atoms with van der Waals surface area (Å²) < 4.78 is 0. The molecule has 6 nitrogen and oxygen atoms in total. The van der Waals surface area contributed by atoms with Gasteiger partial charge in [-0.05, 0) is 26.3 Å². The Morgan fingerprint density at radius 3 is 2.57 bits per heavy atom. The number of nitrogens with zero attached hydrogens (tertiary/aromatic N) is 1. The molecule has 6 heteroatoms. The highest BCUT2D eigenvalue weighted by Crippen LogP contribution is 2.20. The molecule has 1 aliphatic rings. The molecule has 2 rings (SSSR count). The third-order valence-electron chi connectivity index (χ3n) is 4.05. The molecule has 0 spiro atoms. The van der Waals surface area contributed by atoms with Gasteiger partial charge in [0.15, 0.2) is 0 Å². The fraction of sp³-hybridized carbons (Fsp3) is 0.529. The Labute approximate surface area is 137 Å². The highest BCUT2D eigenvalue weighted by molar-refractivity contribution is 5.79. The number of carbonyl (C=O) groups is 2. The van der Waals surface area contributed by atoms with Gasteiger partial charge in [-0.2, -0.15) is 0 Å². The SMILES string of the molecule is Cc1cccc([C@H](CC(=O)N2C[C@H](C)N[C@@H](C)C2)NC(N)=O)c1.